The third-order valence-electron chi connectivity index (χ3n) is 6.25. The lowest BCUT2D eigenvalue weighted by Gasteiger charge is -2.31. The molecule has 0 bridgehead atoms. The first-order chi connectivity index (χ1) is 17.7. The van der Waals surface area contributed by atoms with Gasteiger partial charge in [-0.3, -0.25) is 4.98 Å². The molecule has 0 radical (unpaired) electrons. The Morgan fingerprint density at radius 1 is 0.838 bits per heavy atom. The lowest BCUT2D eigenvalue weighted by atomic mass is 9.91. The Hall–Kier alpha value is -4.24. The molecule has 0 aliphatic carbocycles. The van der Waals surface area contributed by atoms with Crippen molar-refractivity contribution in [1.29, 1.82) is 0 Å². The number of aliphatic hydroxyl groups is 1. The molecule has 5 nitrogen and oxygen atoms in total. The predicted octanol–water partition coefficient (Wildman–Crippen LogP) is 6.01. The molecule has 0 saturated heterocycles. The summed E-state index contributed by atoms with van der Waals surface area (Å²) in [5, 5.41) is 18.2. The van der Waals surface area contributed by atoms with Gasteiger partial charge in [0.1, 0.15) is 5.82 Å². The molecule has 9 heteroatoms. The molecular weight excluding hydrogens is 484 g/mol. The average Bonchev–Trinajstić information content (AvgIpc) is 3.32. The van der Waals surface area contributed by atoms with Crippen molar-refractivity contribution in [1.82, 2.24) is 14.8 Å². The van der Waals surface area contributed by atoms with Crippen molar-refractivity contribution in [2.75, 3.05) is 11.9 Å². The Kier molecular flexibility index (Phi) is 6.39. The minimum absolute atomic E-state index is 0.312. The van der Waals surface area contributed by atoms with Gasteiger partial charge in [0.2, 0.25) is 5.60 Å². The van der Waals surface area contributed by atoms with Gasteiger partial charge in [-0.1, -0.05) is 18.2 Å². The zero-order valence-corrected chi connectivity index (χ0v) is 19.5. The molecule has 37 heavy (non-hydrogen) atoms. The number of rotatable bonds is 7. The number of nitrogens with zero attached hydrogens (tertiary/aromatic N) is 3. The predicted molar refractivity (Wildman–Crippen MR) is 133 cm³/mol. The number of hydrogen-bond donors (Lipinski definition) is 2. The summed E-state index contributed by atoms with van der Waals surface area (Å²) in [6.07, 6.45) is 0.541. The van der Waals surface area contributed by atoms with Gasteiger partial charge in [0.25, 0.3) is 0 Å². The van der Waals surface area contributed by atoms with E-state index in [9.17, 15) is 22.7 Å². The van der Waals surface area contributed by atoms with Crippen LogP contribution in [-0.4, -0.2) is 32.6 Å². The molecule has 3 aromatic carbocycles. The standard InChI is InChI=1S/C28H22F4N4O/c29-23-4-8-25(9-5-23)36-26-10-3-22(16-21(26)17-35-36)27(37,28(30,31)32)18-34-24-6-1-19(2-7-24)15-20-11-13-33-14-12-20/h1-14,16-17,34,37H,15,18H2. The second-order valence-electron chi connectivity index (χ2n) is 8.75. The van der Waals surface area contributed by atoms with Crippen molar-refractivity contribution in [2.24, 2.45) is 0 Å². The summed E-state index contributed by atoms with van der Waals surface area (Å²) in [4.78, 5) is 3.99. The number of anilines is 1. The van der Waals surface area contributed by atoms with E-state index >= 15 is 0 Å². The fourth-order valence-electron chi connectivity index (χ4n) is 4.15. The molecule has 0 amide bonds. The van der Waals surface area contributed by atoms with Gasteiger partial charge in [0, 0.05) is 23.5 Å². The molecule has 0 aliphatic rings. The number of nitrogens with one attached hydrogen (secondary N) is 1. The Bertz CT molecular complexity index is 1500. The number of hydrogen-bond acceptors (Lipinski definition) is 4. The Morgan fingerprint density at radius 3 is 2.19 bits per heavy atom. The normalized spacial score (nSPS) is 13.4. The number of benzene rings is 3. The first-order valence-corrected chi connectivity index (χ1v) is 11.5. The van der Waals surface area contributed by atoms with E-state index in [0.29, 0.717) is 28.7 Å². The van der Waals surface area contributed by atoms with Crippen LogP contribution in [0.1, 0.15) is 16.7 Å². The average molecular weight is 507 g/mol. The summed E-state index contributed by atoms with van der Waals surface area (Å²) >= 11 is 0. The molecule has 2 N–H and O–H groups in total. The monoisotopic (exact) mass is 506 g/mol. The third kappa shape index (κ3) is 5.03. The number of fused-ring (bicyclic) bond motifs is 1. The van der Waals surface area contributed by atoms with Gasteiger partial charge in [0.15, 0.2) is 0 Å². The summed E-state index contributed by atoms with van der Waals surface area (Å²) in [5.41, 5.74) is 0.141. The molecule has 0 aliphatic heterocycles. The molecule has 2 heterocycles. The van der Waals surface area contributed by atoms with Gasteiger partial charge in [-0.05, 0) is 83.8 Å². The van der Waals surface area contributed by atoms with Gasteiger partial charge in [-0.15, -0.1) is 0 Å². The van der Waals surface area contributed by atoms with E-state index in [2.05, 4.69) is 15.4 Å². The maximum absolute atomic E-state index is 14.2. The fourth-order valence-corrected chi connectivity index (χ4v) is 4.15. The summed E-state index contributed by atoms with van der Waals surface area (Å²) in [7, 11) is 0. The summed E-state index contributed by atoms with van der Waals surface area (Å²) < 4.78 is 57.2. The highest BCUT2D eigenvalue weighted by molar-refractivity contribution is 5.81. The van der Waals surface area contributed by atoms with Gasteiger partial charge in [-0.2, -0.15) is 18.3 Å². The van der Waals surface area contributed by atoms with Crippen LogP contribution >= 0.6 is 0 Å². The molecule has 5 aromatic rings. The maximum atomic E-state index is 14.2. The van der Waals surface area contributed by atoms with Gasteiger partial charge in [0.05, 0.1) is 23.9 Å². The van der Waals surface area contributed by atoms with Crippen LogP contribution in [-0.2, 0) is 12.0 Å². The second-order valence-corrected chi connectivity index (χ2v) is 8.75. The molecule has 0 spiro atoms. The zero-order chi connectivity index (χ0) is 26.0. The molecule has 1 atom stereocenters. The second kappa shape index (κ2) is 9.67. The van der Waals surface area contributed by atoms with Crippen molar-refractivity contribution in [2.45, 2.75) is 18.2 Å². The van der Waals surface area contributed by atoms with Crippen molar-refractivity contribution in [3.05, 3.63) is 120 Å². The molecule has 188 valence electrons. The number of alkyl halides is 3. The van der Waals surface area contributed by atoms with E-state index in [1.165, 1.54) is 53.3 Å². The lowest BCUT2D eigenvalue weighted by molar-refractivity contribution is -0.260. The van der Waals surface area contributed by atoms with Crippen LogP contribution in [0.25, 0.3) is 16.6 Å². The summed E-state index contributed by atoms with van der Waals surface area (Å²) in [6, 6.07) is 20.4. The molecule has 1 unspecified atom stereocenters. The number of aromatic nitrogens is 3. The Balaban J connectivity index is 1.37. The summed E-state index contributed by atoms with van der Waals surface area (Å²) in [5.74, 6) is -0.409. The summed E-state index contributed by atoms with van der Waals surface area (Å²) in [6.45, 7) is -0.780. The van der Waals surface area contributed by atoms with E-state index in [1.807, 2.05) is 24.3 Å². The van der Waals surface area contributed by atoms with Crippen molar-refractivity contribution >= 4 is 16.6 Å². The van der Waals surface area contributed by atoms with Gasteiger partial charge in [-0.25, -0.2) is 9.07 Å². The van der Waals surface area contributed by atoms with Crippen LogP contribution in [0.3, 0.4) is 0 Å². The maximum Gasteiger partial charge on any atom is 0.423 e. The van der Waals surface area contributed by atoms with E-state index in [4.69, 9.17) is 0 Å². The van der Waals surface area contributed by atoms with Crippen LogP contribution in [0, 0.1) is 5.82 Å². The first-order valence-electron chi connectivity index (χ1n) is 11.5. The quantitative estimate of drug-likeness (QED) is 0.265. The van der Waals surface area contributed by atoms with Gasteiger partial charge >= 0.3 is 6.18 Å². The molecule has 0 fully saturated rings. The van der Waals surface area contributed by atoms with Crippen molar-refractivity contribution in [3.63, 3.8) is 0 Å². The van der Waals surface area contributed by atoms with E-state index in [1.54, 1.807) is 24.5 Å². The smallest absolute Gasteiger partial charge is 0.381 e. The van der Waals surface area contributed by atoms with Crippen LogP contribution in [0.5, 0.6) is 0 Å². The fraction of sp³-hybridized carbons (Fsp3) is 0.143. The highest BCUT2D eigenvalue weighted by Gasteiger charge is 2.55. The van der Waals surface area contributed by atoms with E-state index in [-0.39, 0.29) is 5.56 Å². The number of pyridine rings is 1. The van der Waals surface area contributed by atoms with Crippen molar-refractivity contribution in [3.8, 4) is 5.69 Å². The molecule has 5 rings (SSSR count). The van der Waals surface area contributed by atoms with E-state index in [0.717, 1.165) is 11.1 Å². The van der Waals surface area contributed by atoms with Crippen LogP contribution < -0.4 is 5.32 Å². The van der Waals surface area contributed by atoms with E-state index < -0.39 is 24.1 Å². The molecular formula is C28H22F4N4O. The minimum Gasteiger partial charge on any atom is -0.381 e. The lowest BCUT2D eigenvalue weighted by Crippen LogP contribution is -2.47. The highest BCUT2D eigenvalue weighted by Crippen LogP contribution is 2.40. The molecule has 2 aromatic heterocycles. The Morgan fingerprint density at radius 2 is 1.51 bits per heavy atom. The van der Waals surface area contributed by atoms with Gasteiger partial charge < -0.3 is 10.4 Å². The van der Waals surface area contributed by atoms with Crippen molar-refractivity contribution < 1.29 is 22.7 Å². The zero-order valence-electron chi connectivity index (χ0n) is 19.5. The SMILES string of the molecule is OC(CNc1ccc(Cc2ccncc2)cc1)(c1ccc2c(cnn2-c2ccc(F)cc2)c1)C(F)(F)F. The van der Waals surface area contributed by atoms with Crippen LogP contribution in [0.2, 0.25) is 0 Å². The molecule has 0 saturated carbocycles. The van der Waals surface area contributed by atoms with Crippen LogP contribution in [0.4, 0.5) is 23.2 Å². The minimum atomic E-state index is -4.94. The topological polar surface area (TPSA) is 63.0 Å². The van der Waals surface area contributed by atoms with Crippen LogP contribution in [0.15, 0.2) is 97.5 Å². The first kappa shape index (κ1) is 24.5. The largest absolute Gasteiger partial charge is 0.423 e. The number of halogens is 4. The third-order valence-corrected chi connectivity index (χ3v) is 6.25. The Labute approximate surface area is 210 Å². The highest BCUT2D eigenvalue weighted by atomic mass is 19.4.